The molecule has 0 atom stereocenters. The lowest BCUT2D eigenvalue weighted by molar-refractivity contribution is 0.719. The Bertz CT molecular complexity index is 619. The number of aromatic nitrogens is 4. The van der Waals surface area contributed by atoms with Crippen molar-refractivity contribution in [2.45, 2.75) is 0 Å². The monoisotopic (exact) mass is 210 g/mol. The Morgan fingerprint density at radius 1 is 1.29 bits per heavy atom. The van der Waals surface area contributed by atoms with Crippen molar-refractivity contribution in [2.75, 3.05) is 0 Å². The molecule has 2 aromatic rings. The van der Waals surface area contributed by atoms with Gasteiger partial charge in [-0.3, -0.25) is 9.13 Å². The molecule has 2 heterocycles. The lowest BCUT2D eigenvalue weighted by atomic mass is 10.5. The minimum Gasteiger partial charge on any atom is -0.330 e. The first-order chi connectivity index (χ1) is 6.54. The number of fused-ring (bicyclic) bond motifs is 1. The number of imidazole rings is 1. The van der Waals surface area contributed by atoms with E-state index >= 15 is 0 Å². The SMILES string of the molecule is Cn1c(=S)c2c(ncn2C)n(C)c1=O. The van der Waals surface area contributed by atoms with Crippen molar-refractivity contribution in [3.8, 4) is 0 Å². The molecule has 6 heteroatoms. The van der Waals surface area contributed by atoms with E-state index in [2.05, 4.69) is 4.98 Å². The van der Waals surface area contributed by atoms with Gasteiger partial charge < -0.3 is 4.57 Å². The molecule has 0 N–H and O–H groups in total. The van der Waals surface area contributed by atoms with Gasteiger partial charge in [0.2, 0.25) is 0 Å². The van der Waals surface area contributed by atoms with E-state index in [0.717, 1.165) is 5.52 Å². The topological polar surface area (TPSA) is 44.8 Å². The predicted molar refractivity (Wildman–Crippen MR) is 55.8 cm³/mol. The van der Waals surface area contributed by atoms with Gasteiger partial charge in [-0.2, -0.15) is 0 Å². The maximum atomic E-state index is 11.6. The Labute approximate surface area is 85.2 Å². The number of hydrogen-bond acceptors (Lipinski definition) is 3. The standard InChI is InChI=1S/C8H10N4OS/c1-10-4-9-6-5(10)7(14)12(3)8(13)11(6)2/h4H,1-3H3. The van der Waals surface area contributed by atoms with Gasteiger partial charge in [0, 0.05) is 21.1 Å². The summed E-state index contributed by atoms with van der Waals surface area (Å²) in [6.07, 6.45) is 1.65. The summed E-state index contributed by atoms with van der Waals surface area (Å²) in [6, 6.07) is 0. The Kier molecular flexibility index (Phi) is 1.81. The van der Waals surface area contributed by atoms with Crippen molar-refractivity contribution in [3.63, 3.8) is 0 Å². The summed E-state index contributed by atoms with van der Waals surface area (Å²) in [7, 11) is 5.21. The smallest absolute Gasteiger partial charge is 0.330 e. The molecule has 0 aliphatic carbocycles. The summed E-state index contributed by atoms with van der Waals surface area (Å²) in [5.41, 5.74) is 1.28. The molecular formula is C8H10N4OS. The predicted octanol–water partition coefficient (Wildman–Crippen LogP) is 0.340. The average molecular weight is 210 g/mol. The molecule has 0 saturated carbocycles. The van der Waals surface area contributed by atoms with Gasteiger partial charge in [0.25, 0.3) is 0 Å². The van der Waals surface area contributed by atoms with E-state index in [9.17, 15) is 4.79 Å². The zero-order valence-electron chi connectivity index (χ0n) is 8.18. The molecule has 14 heavy (non-hydrogen) atoms. The van der Waals surface area contributed by atoms with Gasteiger partial charge in [0.1, 0.15) is 10.2 Å². The molecule has 0 spiro atoms. The highest BCUT2D eigenvalue weighted by Crippen LogP contribution is 2.09. The van der Waals surface area contributed by atoms with Crippen molar-refractivity contribution in [2.24, 2.45) is 21.1 Å². The molecule has 2 aromatic heterocycles. The first kappa shape index (κ1) is 9.14. The van der Waals surface area contributed by atoms with Crippen LogP contribution in [-0.4, -0.2) is 18.7 Å². The third-order valence-corrected chi connectivity index (χ3v) is 2.78. The van der Waals surface area contributed by atoms with Crippen molar-refractivity contribution in [3.05, 3.63) is 21.5 Å². The molecule has 0 aliphatic heterocycles. The largest absolute Gasteiger partial charge is 0.330 e. The van der Waals surface area contributed by atoms with Gasteiger partial charge in [0.15, 0.2) is 5.65 Å². The zero-order valence-corrected chi connectivity index (χ0v) is 9.00. The fourth-order valence-electron chi connectivity index (χ4n) is 1.47. The van der Waals surface area contributed by atoms with Crippen LogP contribution < -0.4 is 5.69 Å². The van der Waals surface area contributed by atoms with E-state index in [1.165, 1.54) is 9.13 Å². The molecule has 5 nitrogen and oxygen atoms in total. The highest BCUT2D eigenvalue weighted by Gasteiger charge is 2.09. The Morgan fingerprint density at radius 3 is 2.57 bits per heavy atom. The molecule has 0 fully saturated rings. The lowest BCUT2D eigenvalue weighted by Gasteiger charge is -2.04. The molecule has 0 radical (unpaired) electrons. The second-order valence-electron chi connectivity index (χ2n) is 3.23. The summed E-state index contributed by atoms with van der Waals surface area (Å²) in [4.78, 5) is 15.7. The maximum Gasteiger partial charge on any atom is 0.330 e. The summed E-state index contributed by atoms with van der Waals surface area (Å²) in [5, 5.41) is 0. The Morgan fingerprint density at radius 2 is 1.93 bits per heavy atom. The normalized spacial score (nSPS) is 11.1. The second kappa shape index (κ2) is 2.78. The minimum absolute atomic E-state index is 0.152. The van der Waals surface area contributed by atoms with Crippen molar-refractivity contribution >= 4 is 23.4 Å². The van der Waals surface area contributed by atoms with E-state index in [1.54, 1.807) is 20.4 Å². The van der Waals surface area contributed by atoms with Crippen molar-refractivity contribution in [1.29, 1.82) is 0 Å². The molecule has 0 aromatic carbocycles. The molecule has 74 valence electrons. The molecule has 2 rings (SSSR count). The fourth-order valence-corrected chi connectivity index (χ4v) is 1.78. The van der Waals surface area contributed by atoms with Crippen LogP contribution in [0.15, 0.2) is 11.1 Å². The summed E-state index contributed by atoms with van der Waals surface area (Å²) < 4.78 is 5.27. The van der Waals surface area contributed by atoms with E-state index in [-0.39, 0.29) is 5.69 Å². The van der Waals surface area contributed by atoms with Crippen LogP contribution in [0.3, 0.4) is 0 Å². The van der Waals surface area contributed by atoms with Gasteiger partial charge in [-0.1, -0.05) is 12.2 Å². The molecule has 0 bridgehead atoms. The molecule has 0 saturated heterocycles. The van der Waals surface area contributed by atoms with Gasteiger partial charge in [-0.15, -0.1) is 0 Å². The van der Waals surface area contributed by atoms with Crippen LogP contribution in [0.5, 0.6) is 0 Å². The lowest BCUT2D eigenvalue weighted by Crippen LogP contribution is -2.28. The average Bonchev–Trinajstić information content (AvgIpc) is 2.54. The summed E-state index contributed by atoms with van der Waals surface area (Å²) >= 11 is 5.17. The highest BCUT2D eigenvalue weighted by molar-refractivity contribution is 7.71. The number of aryl methyl sites for hydroxylation is 2. The second-order valence-corrected chi connectivity index (χ2v) is 3.62. The van der Waals surface area contributed by atoms with Gasteiger partial charge >= 0.3 is 5.69 Å². The summed E-state index contributed by atoms with van der Waals surface area (Å²) in [6.45, 7) is 0. The minimum atomic E-state index is -0.152. The third-order valence-electron chi connectivity index (χ3n) is 2.32. The van der Waals surface area contributed by atoms with Crippen molar-refractivity contribution in [1.82, 2.24) is 18.7 Å². The molecule has 0 unspecified atom stereocenters. The van der Waals surface area contributed by atoms with Crippen LogP contribution in [0.1, 0.15) is 0 Å². The highest BCUT2D eigenvalue weighted by atomic mass is 32.1. The number of hydrogen-bond donors (Lipinski definition) is 0. The van der Waals surface area contributed by atoms with Gasteiger partial charge in [0.05, 0.1) is 6.33 Å². The van der Waals surface area contributed by atoms with Crippen LogP contribution in [0.25, 0.3) is 11.2 Å². The van der Waals surface area contributed by atoms with E-state index < -0.39 is 0 Å². The Balaban J connectivity index is 3.22. The fraction of sp³-hybridized carbons (Fsp3) is 0.375. The quantitative estimate of drug-likeness (QED) is 0.589. The first-order valence-corrected chi connectivity index (χ1v) is 4.52. The van der Waals surface area contributed by atoms with Crippen LogP contribution in [0.2, 0.25) is 0 Å². The van der Waals surface area contributed by atoms with Gasteiger partial charge in [-0.05, 0) is 0 Å². The van der Waals surface area contributed by atoms with Crippen LogP contribution >= 0.6 is 12.2 Å². The van der Waals surface area contributed by atoms with E-state index in [1.807, 2.05) is 11.6 Å². The zero-order chi connectivity index (χ0) is 10.5. The van der Waals surface area contributed by atoms with E-state index in [0.29, 0.717) is 10.3 Å². The maximum absolute atomic E-state index is 11.6. The van der Waals surface area contributed by atoms with Gasteiger partial charge in [-0.25, -0.2) is 9.78 Å². The first-order valence-electron chi connectivity index (χ1n) is 4.11. The van der Waals surface area contributed by atoms with E-state index in [4.69, 9.17) is 12.2 Å². The number of rotatable bonds is 0. The van der Waals surface area contributed by atoms with Crippen molar-refractivity contribution < 1.29 is 0 Å². The molecule has 0 aliphatic rings. The molecule has 0 amide bonds. The van der Waals surface area contributed by atoms with Crippen LogP contribution in [-0.2, 0) is 21.1 Å². The summed E-state index contributed by atoms with van der Waals surface area (Å²) in [5.74, 6) is 0. The van der Waals surface area contributed by atoms with Crippen LogP contribution in [0, 0.1) is 4.64 Å². The van der Waals surface area contributed by atoms with Crippen LogP contribution in [0.4, 0.5) is 0 Å². The number of nitrogens with zero attached hydrogens (tertiary/aromatic N) is 4. The molecular weight excluding hydrogens is 200 g/mol. The third kappa shape index (κ3) is 0.971. The Hall–Kier alpha value is -1.43.